The predicted octanol–water partition coefficient (Wildman–Crippen LogP) is 1.53. The minimum Gasteiger partial charge on any atom is -0.483 e. The molecule has 0 spiro atoms. The summed E-state index contributed by atoms with van der Waals surface area (Å²) in [6, 6.07) is 9.30. The number of pyridine rings is 1. The Hall–Kier alpha value is -2.14. The van der Waals surface area contributed by atoms with Crippen LogP contribution >= 0.6 is 0 Å². The third kappa shape index (κ3) is 3.42. The first kappa shape index (κ1) is 13.3. The van der Waals surface area contributed by atoms with E-state index >= 15 is 0 Å². The van der Waals surface area contributed by atoms with Crippen molar-refractivity contribution in [3.8, 4) is 5.75 Å². The summed E-state index contributed by atoms with van der Waals surface area (Å²) in [6.45, 7) is 1.07. The van der Waals surface area contributed by atoms with Gasteiger partial charge in [0, 0.05) is 19.3 Å². The number of aromatic nitrogens is 1. The largest absolute Gasteiger partial charge is 0.483 e. The fourth-order valence-electron chi connectivity index (χ4n) is 1.68. The van der Waals surface area contributed by atoms with Crippen molar-refractivity contribution < 1.29 is 9.13 Å². The van der Waals surface area contributed by atoms with Gasteiger partial charge in [0.05, 0.1) is 0 Å². The van der Waals surface area contributed by atoms with Crippen LogP contribution in [-0.2, 0) is 13.2 Å². The van der Waals surface area contributed by atoms with E-state index in [1.165, 1.54) is 16.7 Å². The zero-order valence-corrected chi connectivity index (χ0v) is 10.4. The minimum absolute atomic E-state index is 0.213. The molecule has 0 aliphatic carbocycles. The summed E-state index contributed by atoms with van der Waals surface area (Å²) in [6.07, 6.45) is 1.67. The van der Waals surface area contributed by atoms with Gasteiger partial charge in [-0.25, -0.2) is 4.39 Å². The van der Waals surface area contributed by atoms with Crippen molar-refractivity contribution in [2.24, 2.45) is 5.73 Å². The molecule has 2 N–H and O–H groups in total. The van der Waals surface area contributed by atoms with Crippen LogP contribution in [0.15, 0.2) is 47.4 Å². The fraction of sp³-hybridized carbons (Fsp3) is 0.214. The van der Waals surface area contributed by atoms with E-state index in [2.05, 4.69) is 0 Å². The Morgan fingerprint density at radius 3 is 2.63 bits per heavy atom. The lowest BCUT2D eigenvalue weighted by atomic mass is 10.2. The Labute approximate surface area is 110 Å². The van der Waals surface area contributed by atoms with E-state index in [1.807, 2.05) is 0 Å². The number of hydrogen-bond donors (Lipinski definition) is 1. The molecule has 1 heterocycles. The number of hydrogen-bond acceptors (Lipinski definition) is 3. The molecule has 5 heteroatoms. The highest BCUT2D eigenvalue weighted by atomic mass is 19.1. The second kappa shape index (κ2) is 6.15. The van der Waals surface area contributed by atoms with Crippen LogP contribution in [-0.4, -0.2) is 11.1 Å². The molecule has 0 atom stereocenters. The molecule has 0 aliphatic heterocycles. The van der Waals surface area contributed by atoms with Gasteiger partial charge in [-0.2, -0.15) is 0 Å². The lowest BCUT2D eigenvalue weighted by Crippen LogP contribution is -2.24. The number of nitrogens with zero attached hydrogens (tertiary/aromatic N) is 1. The van der Waals surface area contributed by atoms with Gasteiger partial charge >= 0.3 is 0 Å². The molecule has 0 fully saturated rings. The van der Waals surface area contributed by atoms with Crippen molar-refractivity contribution in [2.75, 3.05) is 6.54 Å². The Balaban J connectivity index is 2.09. The highest BCUT2D eigenvalue weighted by Crippen LogP contribution is 2.08. The number of ether oxygens (including phenoxy) is 1. The second-order valence-electron chi connectivity index (χ2n) is 4.07. The normalized spacial score (nSPS) is 10.4. The van der Waals surface area contributed by atoms with Gasteiger partial charge in [-0.15, -0.1) is 0 Å². The molecule has 1 aromatic carbocycles. The topological polar surface area (TPSA) is 57.2 Å². The van der Waals surface area contributed by atoms with Gasteiger partial charge < -0.3 is 15.0 Å². The van der Waals surface area contributed by atoms with E-state index in [0.717, 1.165) is 5.56 Å². The Morgan fingerprint density at radius 1 is 1.21 bits per heavy atom. The average Bonchev–Trinajstić information content (AvgIpc) is 2.42. The van der Waals surface area contributed by atoms with E-state index in [1.54, 1.807) is 30.5 Å². The molecule has 0 amide bonds. The molecule has 0 saturated heterocycles. The zero-order valence-electron chi connectivity index (χ0n) is 10.4. The molecule has 0 unspecified atom stereocenters. The van der Waals surface area contributed by atoms with E-state index in [0.29, 0.717) is 13.1 Å². The third-order valence-electron chi connectivity index (χ3n) is 2.66. The highest BCUT2D eigenvalue weighted by molar-refractivity contribution is 5.20. The standard InChI is InChI=1S/C14H15FN2O2/c15-12-5-3-11(4-6-12)10-19-13-2-1-8-17(9-7-16)14(13)18/h1-6,8H,7,9-10,16H2. The van der Waals surface area contributed by atoms with Crippen molar-refractivity contribution in [3.05, 3.63) is 64.3 Å². The molecule has 0 radical (unpaired) electrons. The smallest absolute Gasteiger partial charge is 0.292 e. The quantitative estimate of drug-likeness (QED) is 0.889. The number of halogens is 1. The number of benzene rings is 1. The summed E-state index contributed by atoms with van der Waals surface area (Å²) in [5.41, 5.74) is 6.01. The van der Waals surface area contributed by atoms with E-state index in [-0.39, 0.29) is 23.7 Å². The van der Waals surface area contributed by atoms with Crippen LogP contribution in [0.4, 0.5) is 4.39 Å². The van der Waals surface area contributed by atoms with Crippen molar-refractivity contribution in [3.63, 3.8) is 0 Å². The lowest BCUT2D eigenvalue weighted by molar-refractivity contribution is 0.299. The molecule has 0 bridgehead atoms. The summed E-state index contributed by atoms with van der Waals surface area (Å²) in [5.74, 6) is -0.0333. The molecule has 4 nitrogen and oxygen atoms in total. The predicted molar refractivity (Wildman–Crippen MR) is 70.5 cm³/mol. The van der Waals surface area contributed by atoms with E-state index < -0.39 is 0 Å². The van der Waals surface area contributed by atoms with Gasteiger partial charge in [0.25, 0.3) is 5.56 Å². The first-order valence-corrected chi connectivity index (χ1v) is 5.97. The Bertz CT molecular complexity index is 593. The van der Waals surface area contributed by atoms with E-state index in [4.69, 9.17) is 10.5 Å². The Kier molecular flexibility index (Phi) is 4.30. The zero-order chi connectivity index (χ0) is 13.7. The highest BCUT2D eigenvalue weighted by Gasteiger charge is 2.04. The van der Waals surface area contributed by atoms with Gasteiger partial charge in [0.1, 0.15) is 12.4 Å². The molecular formula is C14H15FN2O2. The van der Waals surface area contributed by atoms with Crippen LogP contribution in [0, 0.1) is 5.82 Å². The number of rotatable bonds is 5. The van der Waals surface area contributed by atoms with Gasteiger partial charge in [-0.1, -0.05) is 12.1 Å². The van der Waals surface area contributed by atoms with Crippen molar-refractivity contribution in [1.29, 1.82) is 0 Å². The maximum Gasteiger partial charge on any atom is 0.292 e. The first-order valence-electron chi connectivity index (χ1n) is 5.97. The van der Waals surface area contributed by atoms with Crippen LogP contribution in [0.1, 0.15) is 5.56 Å². The average molecular weight is 262 g/mol. The van der Waals surface area contributed by atoms with Crippen LogP contribution < -0.4 is 16.0 Å². The van der Waals surface area contributed by atoms with Crippen LogP contribution in [0.2, 0.25) is 0 Å². The molecule has 0 aliphatic rings. The van der Waals surface area contributed by atoms with Crippen LogP contribution in [0.3, 0.4) is 0 Å². The molecule has 1 aromatic heterocycles. The van der Waals surface area contributed by atoms with Gasteiger partial charge in [0.2, 0.25) is 0 Å². The summed E-state index contributed by atoms with van der Waals surface area (Å²) in [5, 5.41) is 0. The summed E-state index contributed by atoms with van der Waals surface area (Å²) in [4.78, 5) is 12.0. The summed E-state index contributed by atoms with van der Waals surface area (Å²) < 4.78 is 19.7. The molecule has 0 saturated carbocycles. The van der Waals surface area contributed by atoms with Crippen molar-refractivity contribution >= 4 is 0 Å². The monoisotopic (exact) mass is 262 g/mol. The molecule has 2 aromatic rings. The summed E-state index contributed by atoms with van der Waals surface area (Å²) >= 11 is 0. The Morgan fingerprint density at radius 2 is 1.95 bits per heavy atom. The fourth-order valence-corrected chi connectivity index (χ4v) is 1.68. The van der Waals surface area contributed by atoms with Gasteiger partial charge in [0.15, 0.2) is 5.75 Å². The van der Waals surface area contributed by atoms with Crippen LogP contribution in [0.5, 0.6) is 5.75 Å². The minimum atomic E-state index is -0.297. The third-order valence-corrected chi connectivity index (χ3v) is 2.66. The maximum atomic E-state index is 12.7. The molecule has 2 rings (SSSR count). The molecule has 19 heavy (non-hydrogen) atoms. The first-order chi connectivity index (χ1) is 9.20. The lowest BCUT2D eigenvalue weighted by Gasteiger charge is -2.08. The van der Waals surface area contributed by atoms with Gasteiger partial charge in [-0.05, 0) is 29.8 Å². The maximum absolute atomic E-state index is 12.7. The SMILES string of the molecule is NCCn1cccc(OCc2ccc(F)cc2)c1=O. The van der Waals surface area contributed by atoms with Crippen molar-refractivity contribution in [2.45, 2.75) is 13.2 Å². The van der Waals surface area contributed by atoms with Gasteiger partial charge in [-0.3, -0.25) is 4.79 Å². The summed E-state index contributed by atoms with van der Waals surface area (Å²) in [7, 11) is 0. The number of nitrogens with two attached hydrogens (primary N) is 1. The van der Waals surface area contributed by atoms with E-state index in [9.17, 15) is 9.18 Å². The van der Waals surface area contributed by atoms with Crippen LogP contribution in [0.25, 0.3) is 0 Å². The molecular weight excluding hydrogens is 247 g/mol. The molecule has 100 valence electrons. The second-order valence-corrected chi connectivity index (χ2v) is 4.07. The van der Waals surface area contributed by atoms with Crippen molar-refractivity contribution in [1.82, 2.24) is 4.57 Å².